The van der Waals surface area contributed by atoms with E-state index in [1.807, 2.05) is 39.8 Å². The third-order valence-electron chi connectivity index (χ3n) is 6.30. The van der Waals surface area contributed by atoms with Crippen LogP contribution in [0.2, 0.25) is 0 Å². The normalized spacial score (nSPS) is 27.5. The number of aliphatic carboxylic acids is 1. The van der Waals surface area contributed by atoms with E-state index in [0.717, 1.165) is 31.2 Å². The fourth-order valence-electron chi connectivity index (χ4n) is 3.92. The zero-order chi connectivity index (χ0) is 19.1. The van der Waals surface area contributed by atoms with Gasteiger partial charge in [-0.15, -0.1) is 0 Å². The summed E-state index contributed by atoms with van der Waals surface area (Å²) in [6.07, 6.45) is 3.58. The molecule has 3 rings (SSSR count). The number of benzene rings is 1. The number of hydrogen-bond donors (Lipinski definition) is 1. The SMILES string of the molecule is CC1(C)OB(c2ccc(C3CCC(CC(=O)O)CC3)c(F)c2)OC1(C)C. The van der Waals surface area contributed by atoms with Gasteiger partial charge in [0.15, 0.2) is 0 Å². The average Bonchev–Trinajstić information content (AvgIpc) is 2.76. The Labute approximate surface area is 155 Å². The van der Waals surface area contributed by atoms with Crippen LogP contribution in [-0.2, 0) is 14.1 Å². The minimum Gasteiger partial charge on any atom is -0.481 e. The molecule has 0 aromatic heterocycles. The lowest BCUT2D eigenvalue weighted by Gasteiger charge is -2.32. The highest BCUT2D eigenvalue weighted by Gasteiger charge is 2.51. The van der Waals surface area contributed by atoms with Crippen LogP contribution in [0.1, 0.15) is 71.3 Å². The van der Waals surface area contributed by atoms with Crippen molar-refractivity contribution in [2.45, 2.75) is 76.9 Å². The van der Waals surface area contributed by atoms with Crippen LogP contribution < -0.4 is 5.46 Å². The Kier molecular flexibility index (Phi) is 5.19. The summed E-state index contributed by atoms with van der Waals surface area (Å²) in [6, 6.07) is 5.27. The van der Waals surface area contributed by atoms with E-state index in [9.17, 15) is 9.18 Å². The van der Waals surface area contributed by atoms with Gasteiger partial charge in [-0.2, -0.15) is 0 Å². The largest absolute Gasteiger partial charge is 0.494 e. The van der Waals surface area contributed by atoms with Gasteiger partial charge < -0.3 is 14.4 Å². The monoisotopic (exact) mass is 362 g/mol. The molecule has 0 spiro atoms. The first-order chi connectivity index (χ1) is 12.1. The zero-order valence-electron chi connectivity index (χ0n) is 16.0. The van der Waals surface area contributed by atoms with Gasteiger partial charge in [0, 0.05) is 6.42 Å². The Hall–Kier alpha value is -1.40. The lowest BCUT2D eigenvalue weighted by atomic mass is 9.75. The molecule has 1 N–H and O–H groups in total. The van der Waals surface area contributed by atoms with Gasteiger partial charge in [-0.3, -0.25) is 4.79 Å². The van der Waals surface area contributed by atoms with Gasteiger partial charge in [0.25, 0.3) is 0 Å². The maximum Gasteiger partial charge on any atom is 0.494 e. The van der Waals surface area contributed by atoms with Crippen molar-refractivity contribution in [3.8, 4) is 0 Å². The van der Waals surface area contributed by atoms with Gasteiger partial charge in [-0.1, -0.05) is 12.1 Å². The van der Waals surface area contributed by atoms with E-state index in [4.69, 9.17) is 14.4 Å². The van der Waals surface area contributed by atoms with Crippen molar-refractivity contribution in [3.05, 3.63) is 29.6 Å². The Morgan fingerprint density at radius 3 is 2.23 bits per heavy atom. The van der Waals surface area contributed by atoms with E-state index in [-0.39, 0.29) is 24.1 Å². The van der Waals surface area contributed by atoms with Gasteiger partial charge in [0.1, 0.15) is 5.82 Å². The van der Waals surface area contributed by atoms with Crippen LogP contribution in [0.5, 0.6) is 0 Å². The standard InChI is InChI=1S/C20H28BFO4/c1-19(2)20(3,4)26-21(25-19)15-9-10-16(17(22)12-15)14-7-5-13(6-8-14)11-18(23)24/h9-10,12-14H,5-8,11H2,1-4H3,(H,23,24). The van der Waals surface area contributed by atoms with Gasteiger partial charge >= 0.3 is 13.1 Å². The molecule has 26 heavy (non-hydrogen) atoms. The van der Waals surface area contributed by atoms with Crippen LogP contribution in [0.25, 0.3) is 0 Å². The fourth-order valence-corrected chi connectivity index (χ4v) is 3.92. The predicted molar refractivity (Wildman–Crippen MR) is 99.1 cm³/mol. The molecule has 1 aromatic carbocycles. The lowest BCUT2D eigenvalue weighted by molar-refractivity contribution is -0.138. The molecule has 1 saturated heterocycles. The maximum absolute atomic E-state index is 14.8. The third-order valence-corrected chi connectivity index (χ3v) is 6.30. The Balaban J connectivity index is 1.69. The number of carbonyl (C=O) groups is 1. The molecule has 0 radical (unpaired) electrons. The molecular formula is C20H28BFO4. The molecule has 1 aliphatic heterocycles. The summed E-state index contributed by atoms with van der Waals surface area (Å²) in [7, 11) is -0.560. The third kappa shape index (κ3) is 3.81. The molecule has 1 aliphatic carbocycles. The highest BCUT2D eigenvalue weighted by molar-refractivity contribution is 6.62. The molecular weight excluding hydrogens is 334 g/mol. The Morgan fingerprint density at radius 2 is 1.73 bits per heavy atom. The number of carboxylic acids is 1. The molecule has 6 heteroatoms. The van der Waals surface area contributed by atoms with Crippen molar-refractivity contribution in [2.24, 2.45) is 5.92 Å². The minimum atomic E-state index is -0.744. The second-order valence-corrected chi connectivity index (χ2v) is 8.68. The number of carboxylic acid groups (broad SMARTS) is 1. The van der Waals surface area contributed by atoms with E-state index in [1.165, 1.54) is 6.07 Å². The fraction of sp³-hybridized carbons (Fsp3) is 0.650. The molecule has 1 aromatic rings. The summed E-state index contributed by atoms with van der Waals surface area (Å²) in [5.74, 6) is -0.589. The second kappa shape index (κ2) is 6.97. The van der Waals surface area contributed by atoms with Crippen molar-refractivity contribution < 1.29 is 23.6 Å². The van der Waals surface area contributed by atoms with Crippen LogP contribution in [0, 0.1) is 11.7 Å². The summed E-state index contributed by atoms with van der Waals surface area (Å²) in [5, 5.41) is 8.92. The summed E-state index contributed by atoms with van der Waals surface area (Å²) in [4.78, 5) is 10.8. The van der Waals surface area contributed by atoms with E-state index in [2.05, 4.69) is 0 Å². The van der Waals surface area contributed by atoms with Crippen LogP contribution in [-0.4, -0.2) is 29.4 Å². The molecule has 0 amide bonds. The first-order valence-corrected chi connectivity index (χ1v) is 9.46. The summed E-state index contributed by atoms with van der Waals surface area (Å²) < 4.78 is 26.8. The predicted octanol–water partition coefficient (Wildman–Crippen LogP) is 3.87. The number of rotatable bonds is 4. The smallest absolute Gasteiger partial charge is 0.481 e. The summed E-state index contributed by atoms with van der Waals surface area (Å²) in [6.45, 7) is 7.92. The zero-order valence-corrected chi connectivity index (χ0v) is 16.0. The van der Waals surface area contributed by atoms with Crippen LogP contribution >= 0.6 is 0 Å². The van der Waals surface area contributed by atoms with Crippen LogP contribution in [0.3, 0.4) is 0 Å². The summed E-state index contributed by atoms with van der Waals surface area (Å²) in [5.41, 5.74) is 0.522. The molecule has 0 unspecified atom stereocenters. The average molecular weight is 362 g/mol. The molecule has 2 aliphatic rings. The number of hydrogen-bond acceptors (Lipinski definition) is 3. The van der Waals surface area contributed by atoms with Gasteiger partial charge in [0.05, 0.1) is 11.2 Å². The molecule has 2 fully saturated rings. The molecule has 142 valence electrons. The van der Waals surface area contributed by atoms with Crippen molar-refractivity contribution >= 4 is 18.6 Å². The number of halogens is 1. The van der Waals surface area contributed by atoms with E-state index < -0.39 is 24.3 Å². The second-order valence-electron chi connectivity index (χ2n) is 8.68. The molecule has 0 atom stereocenters. The maximum atomic E-state index is 14.8. The Morgan fingerprint density at radius 1 is 1.15 bits per heavy atom. The van der Waals surface area contributed by atoms with Crippen LogP contribution in [0.15, 0.2) is 18.2 Å². The van der Waals surface area contributed by atoms with E-state index >= 15 is 0 Å². The minimum absolute atomic E-state index is 0.160. The van der Waals surface area contributed by atoms with Crippen molar-refractivity contribution in [3.63, 3.8) is 0 Å². The van der Waals surface area contributed by atoms with Crippen molar-refractivity contribution in [1.29, 1.82) is 0 Å². The molecule has 0 bridgehead atoms. The lowest BCUT2D eigenvalue weighted by Crippen LogP contribution is -2.41. The van der Waals surface area contributed by atoms with Crippen molar-refractivity contribution in [2.75, 3.05) is 0 Å². The van der Waals surface area contributed by atoms with E-state index in [0.29, 0.717) is 5.46 Å². The van der Waals surface area contributed by atoms with Gasteiger partial charge in [0.2, 0.25) is 0 Å². The Bertz CT molecular complexity index is 664. The topological polar surface area (TPSA) is 55.8 Å². The first kappa shape index (κ1) is 19.4. The van der Waals surface area contributed by atoms with Crippen LogP contribution in [0.4, 0.5) is 4.39 Å². The van der Waals surface area contributed by atoms with Crippen molar-refractivity contribution in [1.82, 2.24) is 0 Å². The molecule has 1 heterocycles. The molecule has 4 nitrogen and oxygen atoms in total. The quantitative estimate of drug-likeness (QED) is 0.826. The van der Waals surface area contributed by atoms with Gasteiger partial charge in [-0.05, 0) is 82.3 Å². The summed E-state index contributed by atoms with van der Waals surface area (Å²) >= 11 is 0. The first-order valence-electron chi connectivity index (χ1n) is 9.46. The highest BCUT2D eigenvalue weighted by Crippen LogP contribution is 2.39. The van der Waals surface area contributed by atoms with Gasteiger partial charge in [-0.25, -0.2) is 4.39 Å². The highest BCUT2D eigenvalue weighted by atomic mass is 19.1. The van der Waals surface area contributed by atoms with E-state index in [1.54, 1.807) is 0 Å². The molecule has 1 saturated carbocycles.